The predicted molar refractivity (Wildman–Crippen MR) is 107 cm³/mol. The third-order valence-electron chi connectivity index (χ3n) is 4.13. The highest BCUT2D eigenvalue weighted by atomic mass is 16.6. The molecule has 2 rings (SSSR count). The lowest BCUT2D eigenvalue weighted by Gasteiger charge is -2.13. The van der Waals surface area contributed by atoms with E-state index in [9.17, 15) is 4.79 Å². The second kappa shape index (κ2) is 10.1. The number of para-hydroxylation sites is 1. The monoisotopic (exact) mass is 384 g/mol. The van der Waals surface area contributed by atoms with Gasteiger partial charge in [0.15, 0.2) is 5.71 Å². The zero-order chi connectivity index (χ0) is 20.5. The summed E-state index contributed by atoms with van der Waals surface area (Å²) >= 11 is 0. The van der Waals surface area contributed by atoms with Crippen LogP contribution in [0.1, 0.15) is 29.2 Å². The van der Waals surface area contributed by atoms with Crippen LogP contribution in [0.5, 0.6) is 5.75 Å². The number of oxime groups is 2. The first-order valence-corrected chi connectivity index (χ1v) is 8.61. The van der Waals surface area contributed by atoms with Gasteiger partial charge in [0.05, 0.1) is 19.9 Å². The molecule has 0 aliphatic carbocycles. The van der Waals surface area contributed by atoms with Crippen molar-refractivity contribution in [3.05, 3.63) is 64.7 Å². The molecule has 28 heavy (non-hydrogen) atoms. The van der Waals surface area contributed by atoms with E-state index in [0.29, 0.717) is 17.0 Å². The fourth-order valence-electron chi connectivity index (χ4n) is 2.69. The van der Waals surface area contributed by atoms with Crippen LogP contribution in [0.15, 0.2) is 52.8 Å². The third kappa shape index (κ3) is 4.88. The van der Waals surface area contributed by atoms with Crippen molar-refractivity contribution >= 4 is 17.4 Å². The van der Waals surface area contributed by atoms with Crippen LogP contribution < -0.4 is 4.74 Å². The molecule has 0 bridgehead atoms. The maximum absolute atomic E-state index is 12.1. The summed E-state index contributed by atoms with van der Waals surface area (Å²) in [4.78, 5) is 22.5. The SMILES string of the molecule is CO/N=C(/C(=O)OC)c1cccc(C)c1CO/N=C(\C)c1ccccc1OC. The number of benzene rings is 2. The van der Waals surface area contributed by atoms with E-state index in [0.717, 1.165) is 16.7 Å². The molecule has 0 fully saturated rings. The summed E-state index contributed by atoms with van der Waals surface area (Å²) in [5.74, 6) is 0.117. The molecule has 0 saturated heterocycles. The Kier molecular flexibility index (Phi) is 7.56. The molecule has 0 N–H and O–H groups in total. The van der Waals surface area contributed by atoms with Gasteiger partial charge in [0.25, 0.3) is 0 Å². The van der Waals surface area contributed by atoms with Crippen LogP contribution in [0.25, 0.3) is 0 Å². The van der Waals surface area contributed by atoms with Gasteiger partial charge in [-0.25, -0.2) is 4.79 Å². The van der Waals surface area contributed by atoms with Gasteiger partial charge in [-0.2, -0.15) is 0 Å². The molecule has 2 aromatic rings. The van der Waals surface area contributed by atoms with Crippen LogP contribution >= 0.6 is 0 Å². The largest absolute Gasteiger partial charge is 0.496 e. The maximum Gasteiger partial charge on any atom is 0.360 e. The molecule has 0 aromatic heterocycles. The molecule has 0 atom stereocenters. The summed E-state index contributed by atoms with van der Waals surface area (Å²) < 4.78 is 10.2. The van der Waals surface area contributed by atoms with Gasteiger partial charge in [-0.1, -0.05) is 40.6 Å². The molecule has 2 aromatic carbocycles. The summed E-state index contributed by atoms with van der Waals surface area (Å²) in [7, 11) is 4.27. The highest BCUT2D eigenvalue weighted by molar-refractivity contribution is 6.43. The number of carbonyl (C=O) groups excluding carboxylic acids is 1. The van der Waals surface area contributed by atoms with E-state index in [1.54, 1.807) is 13.2 Å². The van der Waals surface area contributed by atoms with E-state index in [2.05, 4.69) is 10.3 Å². The van der Waals surface area contributed by atoms with Gasteiger partial charge in [0.1, 0.15) is 19.5 Å². The molecule has 0 saturated carbocycles. The molecule has 0 heterocycles. The summed E-state index contributed by atoms with van der Waals surface area (Å²) in [5.41, 5.74) is 3.84. The number of methoxy groups -OCH3 is 2. The number of rotatable bonds is 8. The summed E-state index contributed by atoms with van der Waals surface area (Å²) in [6, 6.07) is 13.1. The Morgan fingerprint density at radius 2 is 1.68 bits per heavy atom. The van der Waals surface area contributed by atoms with Gasteiger partial charge in [0.2, 0.25) is 0 Å². The molecule has 0 spiro atoms. The van der Waals surface area contributed by atoms with Crippen molar-refractivity contribution in [2.45, 2.75) is 20.5 Å². The van der Waals surface area contributed by atoms with Crippen LogP contribution in [-0.2, 0) is 25.8 Å². The lowest BCUT2D eigenvalue weighted by molar-refractivity contribution is -0.132. The maximum atomic E-state index is 12.1. The van der Waals surface area contributed by atoms with Gasteiger partial charge in [-0.3, -0.25) is 0 Å². The Bertz CT molecular complexity index is 890. The van der Waals surface area contributed by atoms with Crippen LogP contribution in [-0.4, -0.2) is 38.7 Å². The second-order valence-electron chi connectivity index (χ2n) is 5.87. The van der Waals surface area contributed by atoms with Crippen molar-refractivity contribution in [2.24, 2.45) is 10.3 Å². The van der Waals surface area contributed by atoms with Gasteiger partial charge in [-0.05, 0) is 31.5 Å². The van der Waals surface area contributed by atoms with Gasteiger partial charge >= 0.3 is 5.97 Å². The minimum absolute atomic E-state index is 0.0673. The third-order valence-corrected chi connectivity index (χ3v) is 4.13. The normalized spacial score (nSPS) is 11.8. The zero-order valence-corrected chi connectivity index (χ0v) is 16.7. The van der Waals surface area contributed by atoms with Crippen molar-refractivity contribution in [3.8, 4) is 5.75 Å². The first-order chi connectivity index (χ1) is 13.5. The van der Waals surface area contributed by atoms with Gasteiger partial charge in [-0.15, -0.1) is 0 Å². The lowest BCUT2D eigenvalue weighted by Crippen LogP contribution is -2.20. The molecular formula is C21H24N2O5. The lowest BCUT2D eigenvalue weighted by atomic mass is 9.99. The van der Waals surface area contributed by atoms with Crippen LogP contribution in [0.4, 0.5) is 0 Å². The molecule has 0 aliphatic rings. The zero-order valence-electron chi connectivity index (χ0n) is 16.7. The minimum atomic E-state index is -0.595. The Labute approximate surface area is 164 Å². The second-order valence-corrected chi connectivity index (χ2v) is 5.87. The summed E-state index contributed by atoms with van der Waals surface area (Å²) in [6.45, 7) is 3.90. The van der Waals surface area contributed by atoms with E-state index >= 15 is 0 Å². The van der Waals surface area contributed by atoms with Crippen LogP contribution in [0.2, 0.25) is 0 Å². The Balaban J connectivity index is 2.29. The number of aryl methyl sites for hydroxylation is 1. The Morgan fingerprint density at radius 1 is 0.964 bits per heavy atom. The minimum Gasteiger partial charge on any atom is -0.496 e. The topological polar surface area (TPSA) is 78.7 Å². The van der Waals surface area contributed by atoms with Crippen molar-refractivity contribution < 1.29 is 23.9 Å². The van der Waals surface area contributed by atoms with Crippen LogP contribution in [0, 0.1) is 6.92 Å². The predicted octanol–water partition coefficient (Wildman–Crippen LogP) is 3.47. The number of nitrogens with zero attached hydrogens (tertiary/aromatic N) is 2. The van der Waals surface area contributed by atoms with Crippen LogP contribution in [0.3, 0.4) is 0 Å². The average Bonchev–Trinajstić information content (AvgIpc) is 2.72. The highest BCUT2D eigenvalue weighted by Gasteiger charge is 2.20. The number of esters is 1. The van der Waals surface area contributed by atoms with Crippen molar-refractivity contribution in [2.75, 3.05) is 21.3 Å². The smallest absolute Gasteiger partial charge is 0.360 e. The van der Waals surface area contributed by atoms with Gasteiger partial charge in [0, 0.05) is 16.7 Å². The molecule has 0 radical (unpaired) electrons. The van der Waals surface area contributed by atoms with E-state index in [-0.39, 0.29) is 12.3 Å². The fourth-order valence-corrected chi connectivity index (χ4v) is 2.69. The van der Waals surface area contributed by atoms with E-state index in [1.807, 2.05) is 50.2 Å². The number of hydrogen-bond donors (Lipinski definition) is 0. The number of hydrogen-bond acceptors (Lipinski definition) is 7. The molecule has 148 valence electrons. The first kappa shape index (κ1) is 21.0. The van der Waals surface area contributed by atoms with E-state index < -0.39 is 5.97 Å². The van der Waals surface area contributed by atoms with Crippen molar-refractivity contribution in [3.63, 3.8) is 0 Å². The van der Waals surface area contributed by atoms with Gasteiger partial charge < -0.3 is 19.1 Å². The summed E-state index contributed by atoms with van der Waals surface area (Å²) in [6.07, 6.45) is 0. The number of carbonyl (C=O) groups is 1. The van der Waals surface area contributed by atoms with E-state index in [1.165, 1.54) is 14.2 Å². The van der Waals surface area contributed by atoms with Crippen molar-refractivity contribution in [1.82, 2.24) is 0 Å². The molecular weight excluding hydrogens is 360 g/mol. The molecule has 0 amide bonds. The summed E-state index contributed by atoms with van der Waals surface area (Å²) in [5, 5.41) is 8.01. The Morgan fingerprint density at radius 3 is 2.36 bits per heavy atom. The first-order valence-electron chi connectivity index (χ1n) is 8.61. The molecule has 7 nitrogen and oxygen atoms in total. The fraction of sp³-hybridized carbons (Fsp3) is 0.286. The number of ether oxygens (including phenoxy) is 2. The molecule has 0 aliphatic heterocycles. The standard InChI is InChI=1S/C21H24N2O5/c1-14-9-8-11-17(20(23-27-5)21(24)26-4)18(14)13-28-22-15(2)16-10-6-7-12-19(16)25-3/h6-12H,13H2,1-5H3/b22-15+,23-20+. The Hall–Kier alpha value is -3.35. The average molecular weight is 384 g/mol. The molecule has 0 unspecified atom stereocenters. The molecule has 7 heteroatoms. The quantitative estimate of drug-likeness (QED) is 0.396. The highest BCUT2D eigenvalue weighted by Crippen LogP contribution is 2.20. The van der Waals surface area contributed by atoms with E-state index in [4.69, 9.17) is 19.1 Å². The van der Waals surface area contributed by atoms with Crippen molar-refractivity contribution in [1.29, 1.82) is 0 Å².